The number of rotatable bonds is 5. The Hall–Kier alpha value is -1.84. The van der Waals surface area contributed by atoms with Gasteiger partial charge in [0.25, 0.3) is 0 Å². The summed E-state index contributed by atoms with van der Waals surface area (Å²) in [5.74, 6) is 0.354. The second-order valence-electron chi connectivity index (χ2n) is 4.12. The van der Waals surface area contributed by atoms with Crippen LogP contribution in [0.5, 0.6) is 0 Å². The van der Waals surface area contributed by atoms with Crippen LogP contribution in [0, 0.1) is 0 Å². The molecule has 1 atom stereocenters. The van der Waals surface area contributed by atoms with Crippen molar-refractivity contribution in [2.24, 2.45) is 0 Å². The Morgan fingerprint density at radius 3 is 3.00 bits per heavy atom. The molecule has 0 aliphatic rings. The minimum Gasteiger partial charge on any atom is -0.461 e. The maximum absolute atomic E-state index is 11.8. The first-order valence-electron chi connectivity index (χ1n) is 5.81. The fourth-order valence-electron chi connectivity index (χ4n) is 1.59. The van der Waals surface area contributed by atoms with Crippen molar-refractivity contribution >= 4 is 5.78 Å². The molecule has 0 aliphatic carbocycles. The lowest BCUT2D eigenvalue weighted by atomic mass is 10.2. The van der Waals surface area contributed by atoms with Crippen molar-refractivity contribution in [3.05, 3.63) is 42.1 Å². The lowest BCUT2D eigenvalue weighted by molar-refractivity contribution is 0.0965. The van der Waals surface area contributed by atoms with E-state index >= 15 is 0 Å². The maximum atomic E-state index is 11.8. The molecule has 0 aliphatic heterocycles. The van der Waals surface area contributed by atoms with Crippen LogP contribution in [-0.2, 0) is 6.42 Å². The average molecular weight is 232 g/mol. The van der Waals surface area contributed by atoms with Crippen LogP contribution in [0.4, 0.5) is 0 Å². The van der Waals surface area contributed by atoms with E-state index in [1.54, 1.807) is 12.1 Å². The molecule has 2 rings (SSSR count). The molecule has 4 heteroatoms. The van der Waals surface area contributed by atoms with E-state index in [0.29, 0.717) is 11.8 Å². The number of ketones is 1. The van der Waals surface area contributed by atoms with Gasteiger partial charge in [0, 0.05) is 12.2 Å². The first kappa shape index (κ1) is 11.6. The summed E-state index contributed by atoms with van der Waals surface area (Å²) in [6, 6.07) is 5.63. The summed E-state index contributed by atoms with van der Waals surface area (Å²) >= 11 is 0. The third-order valence-electron chi connectivity index (χ3n) is 2.84. The second kappa shape index (κ2) is 4.99. The number of carbonyl (C=O) groups is 1. The van der Waals surface area contributed by atoms with Gasteiger partial charge >= 0.3 is 0 Å². The summed E-state index contributed by atoms with van der Waals surface area (Å²) in [4.78, 5) is 11.8. The predicted octanol–water partition coefficient (Wildman–Crippen LogP) is 2.87. The second-order valence-corrected chi connectivity index (χ2v) is 4.12. The van der Waals surface area contributed by atoms with E-state index in [2.05, 4.69) is 18.9 Å². The number of carbonyl (C=O) groups excluding carboxylic acids is 1. The molecule has 1 unspecified atom stereocenters. The lowest BCUT2D eigenvalue weighted by Gasteiger charge is -2.07. The molecular weight excluding hydrogens is 216 g/mol. The fraction of sp³-hybridized carbons (Fsp3) is 0.385. The van der Waals surface area contributed by atoms with Crippen molar-refractivity contribution < 1.29 is 9.21 Å². The maximum Gasteiger partial charge on any atom is 0.203 e. The van der Waals surface area contributed by atoms with Crippen LogP contribution in [0.1, 0.15) is 42.6 Å². The van der Waals surface area contributed by atoms with Crippen LogP contribution in [0.3, 0.4) is 0 Å². The molecular formula is C13H16N2O2. The largest absolute Gasteiger partial charge is 0.461 e. The van der Waals surface area contributed by atoms with E-state index < -0.39 is 0 Å². The minimum atomic E-state index is -0.0376. The standard InChI is InChI=1S/C13H16N2O2/c1-3-10(2)15-7-6-11(14-15)9-12(16)13-5-4-8-17-13/h4-8,10H,3,9H2,1-2H3. The molecule has 2 heterocycles. The topological polar surface area (TPSA) is 48.0 Å². The van der Waals surface area contributed by atoms with Gasteiger partial charge in [0.1, 0.15) is 0 Å². The molecule has 0 saturated heterocycles. The lowest BCUT2D eigenvalue weighted by Crippen LogP contribution is -2.07. The Balaban J connectivity index is 2.04. The molecule has 0 aromatic carbocycles. The highest BCUT2D eigenvalue weighted by Crippen LogP contribution is 2.11. The van der Waals surface area contributed by atoms with Crippen LogP contribution in [0.15, 0.2) is 35.1 Å². The Kier molecular flexibility index (Phi) is 3.42. The van der Waals surface area contributed by atoms with Crippen LogP contribution in [0.2, 0.25) is 0 Å². The van der Waals surface area contributed by atoms with Crippen LogP contribution >= 0.6 is 0 Å². The SMILES string of the molecule is CCC(C)n1ccc(CC(=O)c2ccco2)n1. The quantitative estimate of drug-likeness (QED) is 0.745. The summed E-state index contributed by atoms with van der Waals surface area (Å²) in [5.41, 5.74) is 0.784. The molecule has 0 amide bonds. The van der Waals surface area contributed by atoms with Gasteiger partial charge < -0.3 is 4.42 Å². The number of nitrogens with zero attached hydrogens (tertiary/aromatic N) is 2. The van der Waals surface area contributed by atoms with Gasteiger partial charge in [-0.25, -0.2) is 0 Å². The van der Waals surface area contributed by atoms with Gasteiger partial charge in [-0.1, -0.05) is 6.92 Å². The summed E-state index contributed by atoms with van der Waals surface area (Å²) in [6.07, 6.45) is 4.73. The smallest absolute Gasteiger partial charge is 0.203 e. The zero-order valence-corrected chi connectivity index (χ0v) is 10.1. The number of furan rings is 1. The van der Waals surface area contributed by atoms with E-state index in [0.717, 1.165) is 12.1 Å². The molecule has 2 aromatic heterocycles. The third-order valence-corrected chi connectivity index (χ3v) is 2.84. The highest BCUT2D eigenvalue weighted by molar-refractivity contribution is 5.94. The van der Waals surface area contributed by atoms with E-state index in [-0.39, 0.29) is 12.2 Å². The van der Waals surface area contributed by atoms with E-state index in [1.165, 1.54) is 6.26 Å². The first-order valence-corrected chi connectivity index (χ1v) is 5.81. The van der Waals surface area contributed by atoms with E-state index in [9.17, 15) is 4.79 Å². The third kappa shape index (κ3) is 2.64. The monoisotopic (exact) mass is 232 g/mol. The molecule has 0 fully saturated rings. The molecule has 90 valence electrons. The number of hydrogen-bond donors (Lipinski definition) is 0. The normalized spacial score (nSPS) is 12.6. The molecule has 0 saturated carbocycles. The molecule has 0 spiro atoms. The van der Waals surface area contributed by atoms with Crippen molar-refractivity contribution in [2.45, 2.75) is 32.7 Å². The Morgan fingerprint density at radius 2 is 2.35 bits per heavy atom. The summed E-state index contributed by atoms with van der Waals surface area (Å²) in [7, 11) is 0. The molecule has 2 aromatic rings. The molecule has 0 radical (unpaired) electrons. The van der Waals surface area contributed by atoms with Crippen molar-refractivity contribution in [2.75, 3.05) is 0 Å². The minimum absolute atomic E-state index is 0.0376. The van der Waals surface area contributed by atoms with Crippen molar-refractivity contribution in [1.29, 1.82) is 0 Å². The molecule has 4 nitrogen and oxygen atoms in total. The van der Waals surface area contributed by atoms with Crippen molar-refractivity contribution in [3.8, 4) is 0 Å². The Labute approximate surface area is 100 Å². The van der Waals surface area contributed by atoms with Gasteiger partial charge in [0.2, 0.25) is 5.78 Å². The fourth-order valence-corrected chi connectivity index (χ4v) is 1.59. The van der Waals surface area contributed by atoms with Gasteiger partial charge in [-0.15, -0.1) is 0 Å². The highest BCUT2D eigenvalue weighted by atomic mass is 16.3. The molecule has 0 bridgehead atoms. The predicted molar refractivity (Wildman–Crippen MR) is 64.0 cm³/mol. The Bertz CT molecular complexity index is 485. The van der Waals surface area contributed by atoms with Crippen molar-refractivity contribution in [1.82, 2.24) is 9.78 Å². The van der Waals surface area contributed by atoms with Gasteiger partial charge in [0.05, 0.1) is 18.4 Å². The number of hydrogen-bond acceptors (Lipinski definition) is 3. The van der Waals surface area contributed by atoms with Crippen LogP contribution in [-0.4, -0.2) is 15.6 Å². The van der Waals surface area contributed by atoms with Crippen LogP contribution in [0.25, 0.3) is 0 Å². The zero-order chi connectivity index (χ0) is 12.3. The Morgan fingerprint density at radius 1 is 1.53 bits per heavy atom. The number of Topliss-reactive ketones (excluding diaryl/α,β-unsaturated/α-hetero) is 1. The van der Waals surface area contributed by atoms with Crippen LogP contribution < -0.4 is 0 Å². The average Bonchev–Trinajstić information content (AvgIpc) is 2.98. The molecule has 0 N–H and O–H groups in total. The van der Waals surface area contributed by atoms with Gasteiger partial charge in [-0.2, -0.15) is 5.10 Å². The summed E-state index contributed by atoms with van der Waals surface area (Å²) < 4.78 is 6.95. The van der Waals surface area contributed by atoms with Gasteiger partial charge in [-0.05, 0) is 31.5 Å². The van der Waals surface area contributed by atoms with Gasteiger partial charge in [0.15, 0.2) is 5.76 Å². The van der Waals surface area contributed by atoms with E-state index in [1.807, 2.05) is 16.9 Å². The zero-order valence-electron chi connectivity index (χ0n) is 10.1. The van der Waals surface area contributed by atoms with Gasteiger partial charge in [-0.3, -0.25) is 9.48 Å². The summed E-state index contributed by atoms with van der Waals surface area (Å²) in [6.45, 7) is 4.21. The first-order chi connectivity index (χ1) is 8.20. The molecule has 17 heavy (non-hydrogen) atoms. The van der Waals surface area contributed by atoms with E-state index in [4.69, 9.17) is 4.42 Å². The highest BCUT2D eigenvalue weighted by Gasteiger charge is 2.12. The van der Waals surface area contributed by atoms with Crippen molar-refractivity contribution in [3.63, 3.8) is 0 Å². The number of aromatic nitrogens is 2. The summed E-state index contributed by atoms with van der Waals surface area (Å²) in [5, 5.41) is 4.39.